The van der Waals surface area contributed by atoms with Crippen molar-refractivity contribution in [2.45, 2.75) is 25.8 Å². The van der Waals surface area contributed by atoms with E-state index in [0.717, 1.165) is 30.8 Å². The molecule has 6 heteroatoms. The van der Waals surface area contributed by atoms with Crippen LogP contribution in [-0.2, 0) is 0 Å². The second-order valence-corrected chi connectivity index (χ2v) is 5.48. The molecule has 1 aromatic heterocycles. The van der Waals surface area contributed by atoms with Gasteiger partial charge in [-0.3, -0.25) is 9.89 Å². The van der Waals surface area contributed by atoms with Crippen molar-refractivity contribution in [2.75, 3.05) is 13.1 Å². The van der Waals surface area contributed by atoms with E-state index in [-0.39, 0.29) is 11.9 Å². The quantitative estimate of drug-likeness (QED) is 0.871. The van der Waals surface area contributed by atoms with Crippen molar-refractivity contribution in [1.29, 1.82) is 0 Å². The van der Waals surface area contributed by atoms with E-state index in [4.69, 9.17) is 5.73 Å². The molecule has 0 saturated carbocycles. The number of aromatic nitrogens is 3. The van der Waals surface area contributed by atoms with Crippen molar-refractivity contribution in [2.24, 2.45) is 5.73 Å². The van der Waals surface area contributed by atoms with E-state index in [0.29, 0.717) is 17.9 Å². The molecular formula is C15H19N5O. The third-order valence-corrected chi connectivity index (χ3v) is 3.73. The van der Waals surface area contributed by atoms with E-state index < -0.39 is 0 Å². The fourth-order valence-electron chi connectivity index (χ4n) is 2.61. The first kappa shape index (κ1) is 13.8. The van der Waals surface area contributed by atoms with Crippen LogP contribution < -0.4 is 5.73 Å². The molecule has 3 rings (SSSR count). The van der Waals surface area contributed by atoms with Gasteiger partial charge in [0.25, 0.3) is 5.91 Å². The smallest absolute Gasteiger partial charge is 0.253 e. The highest BCUT2D eigenvalue weighted by Crippen LogP contribution is 2.18. The summed E-state index contributed by atoms with van der Waals surface area (Å²) in [7, 11) is 0. The molecule has 0 unspecified atom stereocenters. The molecule has 2 heterocycles. The number of hydrogen-bond acceptors (Lipinski definition) is 4. The molecule has 1 aromatic carbocycles. The van der Waals surface area contributed by atoms with Gasteiger partial charge in [-0.25, -0.2) is 4.98 Å². The average molecular weight is 285 g/mol. The number of amides is 1. The summed E-state index contributed by atoms with van der Waals surface area (Å²) in [4.78, 5) is 18.5. The molecule has 6 nitrogen and oxygen atoms in total. The summed E-state index contributed by atoms with van der Waals surface area (Å²) in [6, 6.07) is 7.49. The number of hydrogen-bond donors (Lipinski definition) is 2. The molecular weight excluding hydrogens is 266 g/mol. The normalized spacial score (nSPS) is 18.8. The molecule has 0 spiro atoms. The van der Waals surface area contributed by atoms with Gasteiger partial charge >= 0.3 is 0 Å². The average Bonchev–Trinajstić information content (AvgIpc) is 2.93. The number of carbonyl (C=O) groups is 1. The first-order valence-corrected chi connectivity index (χ1v) is 7.18. The lowest BCUT2D eigenvalue weighted by Gasteiger charge is -2.30. The van der Waals surface area contributed by atoms with E-state index in [2.05, 4.69) is 15.2 Å². The Morgan fingerprint density at radius 1 is 1.38 bits per heavy atom. The number of nitrogens with one attached hydrogen (secondary N) is 1. The maximum Gasteiger partial charge on any atom is 0.253 e. The van der Waals surface area contributed by atoms with E-state index in [1.807, 2.05) is 36.1 Å². The number of rotatable bonds is 2. The molecule has 3 N–H and O–H groups in total. The molecule has 2 aromatic rings. The van der Waals surface area contributed by atoms with E-state index in [1.54, 1.807) is 0 Å². The van der Waals surface area contributed by atoms with Crippen molar-refractivity contribution in [3.63, 3.8) is 0 Å². The molecule has 21 heavy (non-hydrogen) atoms. The van der Waals surface area contributed by atoms with Gasteiger partial charge < -0.3 is 10.6 Å². The van der Waals surface area contributed by atoms with E-state index in [1.165, 1.54) is 0 Å². The maximum atomic E-state index is 12.4. The van der Waals surface area contributed by atoms with Crippen LogP contribution in [0.3, 0.4) is 0 Å². The molecule has 1 amide bonds. The fourth-order valence-corrected chi connectivity index (χ4v) is 2.61. The van der Waals surface area contributed by atoms with Gasteiger partial charge in [0.2, 0.25) is 0 Å². The SMILES string of the molecule is Cc1nc(-c2ccc(C(=O)N3CCC[C@@H](N)C3)cc2)n[nH]1. The summed E-state index contributed by atoms with van der Waals surface area (Å²) in [5.74, 6) is 1.46. The minimum Gasteiger partial charge on any atom is -0.337 e. The molecule has 0 radical (unpaired) electrons. The largest absolute Gasteiger partial charge is 0.337 e. The third-order valence-electron chi connectivity index (χ3n) is 3.73. The van der Waals surface area contributed by atoms with Crippen LogP contribution in [0.25, 0.3) is 11.4 Å². The second kappa shape index (κ2) is 5.65. The summed E-state index contributed by atoms with van der Waals surface area (Å²) in [5.41, 5.74) is 7.50. The summed E-state index contributed by atoms with van der Waals surface area (Å²) < 4.78 is 0. The van der Waals surface area contributed by atoms with E-state index in [9.17, 15) is 4.79 Å². The van der Waals surface area contributed by atoms with Crippen LogP contribution >= 0.6 is 0 Å². The first-order valence-electron chi connectivity index (χ1n) is 7.18. The Morgan fingerprint density at radius 2 is 2.14 bits per heavy atom. The van der Waals surface area contributed by atoms with Crippen molar-refractivity contribution in [3.05, 3.63) is 35.7 Å². The number of H-pyrrole nitrogens is 1. The van der Waals surface area contributed by atoms with Crippen LogP contribution in [0.15, 0.2) is 24.3 Å². The summed E-state index contributed by atoms with van der Waals surface area (Å²) >= 11 is 0. The molecule has 1 aliphatic heterocycles. The van der Waals surface area contributed by atoms with Crippen molar-refractivity contribution >= 4 is 5.91 Å². The lowest BCUT2D eigenvalue weighted by molar-refractivity contribution is 0.0709. The highest BCUT2D eigenvalue weighted by Gasteiger charge is 2.22. The number of piperidine rings is 1. The molecule has 1 atom stereocenters. The molecule has 1 aliphatic rings. The number of carbonyl (C=O) groups excluding carboxylic acids is 1. The van der Waals surface area contributed by atoms with Crippen LogP contribution in [0.1, 0.15) is 29.0 Å². The lowest BCUT2D eigenvalue weighted by Crippen LogP contribution is -2.45. The van der Waals surface area contributed by atoms with Gasteiger partial charge in [0.1, 0.15) is 5.82 Å². The van der Waals surface area contributed by atoms with Gasteiger partial charge in [0.15, 0.2) is 5.82 Å². The van der Waals surface area contributed by atoms with Crippen LogP contribution in [0, 0.1) is 6.92 Å². The highest BCUT2D eigenvalue weighted by molar-refractivity contribution is 5.94. The van der Waals surface area contributed by atoms with Gasteiger partial charge in [-0.1, -0.05) is 12.1 Å². The predicted octanol–water partition coefficient (Wildman–Crippen LogP) is 1.34. The van der Waals surface area contributed by atoms with Gasteiger partial charge in [-0.15, -0.1) is 0 Å². The zero-order chi connectivity index (χ0) is 14.8. The number of likely N-dealkylation sites (tertiary alicyclic amines) is 1. The topological polar surface area (TPSA) is 87.9 Å². The molecule has 1 saturated heterocycles. The van der Waals surface area contributed by atoms with Gasteiger partial charge in [0, 0.05) is 30.3 Å². The first-order chi connectivity index (χ1) is 10.1. The van der Waals surface area contributed by atoms with Gasteiger partial charge in [-0.2, -0.15) is 5.10 Å². The Bertz CT molecular complexity index is 634. The van der Waals surface area contributed by atoms with Gasteiger partial charge in [0.05, 0.1) is 0 Å². The Morgan fingerprint density at radius 3 is 2.76 bits per heavy atom. The number of nitrogens with two attached hydrogens (primary N) is 1. The molecule has 1 fully saturated rings. The van der Waals surface area contributed by atoms with Crippen LogP contribution in [0.2, 0.25) is 0 Å². The fraction of sp³-hybridized carbons (Fsp3) is 0.400. The van der Waals surface area contributed by atoms with Crippen LogP contribution in [-0.4, -0.2) is 45.1 Å². The second-order valence-electron chi connectivity index (χ2n) is 5.48. The lowest BCUT2D eigenvalue weighted by atomic mass is 10.0. The minimum atomic E-state index is 0.0443. The third kappa shape index (κ3) is 2.95. The summed E-state index contributed by atoms with van der Waals surface area (Å²) in [5, 5.41) is 6.92. The zero-order valence-electron chi connectivity index (χ0n) is 12.0. The minimum absolute atomic E-state index is 0.0443. The number of aromatic amines is 1. The Balaban J connectivity index is 1.76. The van der Waals surface area contributed by atoms with Crippen molar-refractivity contribution in [1.82, 2.24) is 20.1 Å². The Labute approximate surface area is 123 Å². The summed E-state index contributed by atoms with van der Waals surface area (Å²) in [6.07, 6.45) is 1.97. The number of nitrogens with zero attached hydrogens (tertiary/aromatic N) is 3. The standard InChI is InChI=1S/C15H19N5O/c1-10-17-14(19-18-10)11-4-6-12(7-5-11)15(21)20-8-2-3-13(16)9-20/h4-7,13H,2-3,8-9,16H2,1H3,(H,17,18,19)/t13-/m1/s1. The number of aryl methyl sites for hydroxylation is 1. The van der Waals surface area contributed by atoms with Gasteiger partial charge in [-0.05, 0) is 31.9 Å². The summed E-state index contributed by atoms with van der Waals surface area (Å²) in [6.45, 7) is 3.28. The molecule has 0 aliphatic carbocycles. The Kier molecular flexibility index (Phi) is 3.70. The van der Waals surface area contributed by atoms with Crippen LogP contribution in [0.5, 0.6) is 0 Å². The van der Waals surface area contributed by atoms with Crippen molar-refractivity contribution < 1.29 is 4.79 Å². The monoisotopic (exact) mass is 285 g/mol. The van der Waals surface area contributed by atoms with Crippen LogP contribution in [0.4, 0.5) is 0 Å². The zero-order valence-corrected chi connectivity index (χ0v) is 12.0. The highest BCUT2D eigenvalue weighted by atomic mass is 16.2. The van der Waals surface area contributed by atoms with Crippen molar-refractivity contribution in [3.8, 4) is 11.4 Å². The molecule has 110 valence electrons. The maximum absolute atomic E-state index is 12.4. The Hall–Kier alpha value is -2.21. The number of benzene rings is 1. The predicted molar refractivity (Wildman–Crippen MR) is 79.7 cm³/mol. The van der Waals surface area contributed by atoms with E-state index >= 15 is 0 Å². The molecule has 0 bridgehead atoms.